The smallest absolute Gasteiger partial charge is 0.240 e. The minimum Gasteiger partial charge on any atom is -0.313 e. The average molecular weight is 362 g/mol. The van der Waals surface area contributed by atoms with Crippen LogP contribution in [0.5, 0.6) is 0 Å². The van der Waals surface area contributed by atoms with Gasteiger partial charge >= 0.3 is 0 Å². The molecule has 0 bridgehead atoms. The predicted octanol–water partition coefficient (Wildman–Crippen LogP) is 1.51. The van der Waals surface area contributed by atoms with Crippen molar-refractivity contribution in [2.75, 3.05) is 24.5 Å². The molecule has 1 atom stereocenters. The van der Waals surface area contributed by atoms with Gasteiger partial charge in [0.15, 0.2) is 0 Å². The van der Waals surface area contributed by atoms with E-state index in [2.05, 4.69) is 10.0 Å². The molecule has 8 heteroatoms. The van der Waals surface area contributed by atoms with Crippen molar-refractivity contribution in [1.82, 2.24) is 10.0 Å². The average Bonchev–Trinajstić information content (AvgIpc) is 2.92. The van der Waals surface area contributed by atoms with Crippen molar-refractivity contribution in [2.45, 2.75) is 37.6 Å². The van der Waals surface area contributed by atoms with Crippen LogP contribution in [0, 0.1) is 0 Å². The van der Waals surface area contributed by atoms with Gasteiger partial charge in [-0.1, -0.05) is 6.92 Å². The highest BCUT2D eigenvalue weighted by Crippen LogP contribution is 2.22. The topological polar surface area (TPSA) is 78.5 Å². The number of sulfonamides is 1. The summed E-state index contributed by atoms with van der Waals surface area (Å²) in [6, 6.07) is 6.53. The van der Waals surface area contributed by atoms with Crippen LogP contribution in [-0.4, -0.2) is 40.0 Å². The van der Waals surface area contributed by atoms with Gasteiger partial charge in [0.05, 0.1) is 4.90 Å². The van der Waals surface area contributed by atoms with Crippen LogP contribution in [0.2, 0.25) is 0 Å². The molecule has 0 aromatic heterocycles. The fourth-order valence-electron chi connectivity index (χ4n) is 2.47. The quantitative estimate of drug-likeness (QED) is 0.771. The second-order valence-corrected chi connectivity index (χ2v) is 7.22. The first-order chi connectivity index (χ1) is 10.4. The van der Waals surface area contributed by atoms with Gasteiger partial charge in [-0.25, -0.2) is 13.1 Å². The zero-order valence-electron chi connectivity index (χ0n) is 13.4. The second kappa shape index (κ2) is 8.63. The Kier molecular flexibility index (Phi) is 7.47. The van der Waals surface area contributed by atoms with Crippen LogP contribution < -0.4 is 14.9 Å². The fraction of sp³-hybridized carbons (Fsp3) is 0.533. The van der Waals surface area contributed by atoms with Crippen molar-refractivity contribution in [3.05, 3.63) is 24.3 Å². The Bertz CT molecular complexity index is 619. The number of nitrogens with one attached hydrogen (secondary N) is 2. The standard InChI is InChI=1S/C15H23N3O3S.ClH/c1-3-16-12(2)11-17-22(20,21)14-8-6-13(7-9-14)18-10-4-5-15(18)19;/h6-9,12,16-17H,3-5,10-11H2,1-2H3;1H/t12-;/m1./s1. The minimum absolute atomic E-state index is 0. The van der Waals surface area contributed by atoms with E-state index in [9.17, 15) is 13.2 Å². The molecule has 2 N–H and O–H groups in total. The van der Waals surface area contributed by atoms with Crippen molar-refractivity contribution in [1.29, 1.82) is 0 Å². The number of anilines is 1. The van der Waals surface area contributed by atoms with Crippen molar-refractivity contribution in [3.8, 4) is 0 Å². The summed E-state index contributed by atoms with van der Waals surface area (Å²) in [7, 11) is -3.52. The van der Waals surface area contributed by atoms with E-state index < -0.39 is 10.0 Å². The molecule has 0 radical (unpaired) electrons. The molecule has 2 rings (SSSR count). The summed E-state index contributed by atoms with van der Waals surface area (Å²) < 4.78 is 27.0. The molecule has 1 aromatic carbocycles. The first kappa shape index (κ1) is 19.9. The highest BCUT2D eigenvalue weighted by Gasteiger charge is 2.22. The molecule has 130 valence electrons. The zero-order chi connectivity index (χ0) is 16.2. The van der Waals surface area contributed by atoms with Crippen molar-refractivity contribution in [2.24, 2.45) is 0 Å². The van der Waals surface area contributed by atoms with Gasteiger partial charge in [0.2, 0.25) is 15.9 Å². The summed E-state index contributed by atoms with van der Waals surface area (Å²) in [5.74, 6) is 0.0909. The van der Waals surface area contributed by atoms with Gasteiger partial charge < -0.3 is 10.2 Å². The first-order valence-electron chi connectivity index (χ1n) is 7.57. The van der Waals surface area contributed by atoms with Crippen LogP contribution in [0.4, 0.5) is 5.69 Å². The number of hydrogen-bond donors (Lipinski definition) is 2. The van der Waals surface area contributed by atoms with Crippen LogP contribution >= 0.6 is 12.4 Å². The number of nitrogens with zero attached hydrogens (tertiary/aromatic N) is 1. The van der Waals surface area contributed by atoms with Crippen molar-refractivity contribution < 1.29 is 13.2 Å². The number of rotatable bonds is 7. The molecule has 6 nitrogen and oxygen atoms in total. The lowest BCUT2D eigenvalue weighted by Gasteiger charge is -2.16. The molecule has 1 fully saturated rings. The molecule has 23 heavy (non-hydrogen) atoms. The number of amides is 1. The first-order valence-corrected chi connectivity index (χ1v) is 9.06. The number of likely N-dealkylation sites (N-methyl/N-ethyl adjacent to an activating group) is 1. The molecule has 1 aromatic rings. The van der Waals surface area contributed by atoms with Gasteiger partial charge in [0.1, 0.15) is 0 Å². The molecule has 0 aliphatic carbocycles. The van der Waals surface area contributed by atoms with E-state index in [1.807, 2.05) is 13.8 Å². The lowest BCUT2D eigenvalue weighted by molar-refractivity contribution is -0.117. The third-order valence-electron chi connectivity index (χ3n) is 3.66. The van der Waals surface area contributed by atoms with E-state index in [0.717, 1.165) is 18.7 Å². The van der Waals surface area contributed by atoms with Crippen molar-refractivity contribution >= 4 is 34.0 Å². The van der Waals surface area contributed by atoms with Gasteiger partial charge in [0.25, 0.3) is 0 Å². The van der Waals surface area contributed by atoms with E-state index in [1.54, 1.807) is 29.2 Å². The second-order valence-electron chi connectivity index (χ2n) is 5.45. The SMILES string of the molecule is CCN[C@H](C)CNS(=O)(=O)c1ccc(N2CCCC2=O)cc1.Cl. The largest absolute Gasteiger partial charge is 0.313 e. The summed E-state index contributed by atoms with van der Waals surface area (Å²) >= 11 is 0. The van der Waals surface area contributed by atoms with E-state index in [-0.39, 0.29) is 29.3 Å². The van der Waals surface area contributed by atoms with E-state index >= 15 is 0 Å². The Hall–Kier alpha value is -1.15. The monoisotopic (exact) mass is 361 g/mol. The van der Waals surface area contributed by atoms with Crippen LogP contribution in [0.3, 0.4) is 0 Å². The maximum absolute atomic E-state index is 12.2. The third-order valence-corrected chi connectivity index (χ3v) is 5.10. The van der Waals surface area contributed by atoms with Gasteiger partial charge in [-0.3, -0.25) is 4.79 Å². The van der Waals surface area contributed by atoms with Gasteiger partial charge in [-0.2, -0.15) is 0 Å². The highest BCUT2D eigenvalue weighted by molar-refractivity contribution is 7.89. The molecule has 1 amide bonds. The van der Waals surface area contributed by atoms with Crippen LogP contribution in [-0.2, 0) is 14.8 Å². The molecular weight excluding hydrogens is 338 g/mol. The third kappa shape index (κ3) is 5.17. The Morgan fingerprint density at radius 3 is 2.43 bits per heavy atom. The Morgan fingerprint density at radius 1 is 1.26 bits per heavy atom. The molecule has 0 spiro atoms. The number of halogens is 1. The minimum atomic E-state index is -3.52. The van der Waals surface area contributed by atoms with Crippen LogP contribution in [0.15, 0.2) is 29.2 Å². The van der Waals surface area contributed by atoms with Gasteiger partial charge in [-0.05, 0) is 44.2 Å². The summed E-state index contributed by atoms with van der Waals surface area (Å²) in [6.07, 6.45) is 1.41. The highest BCUT2D eigenvalue weighted by atomic mass is 35.5. The number of benzene rings is 1. The normalized spacial score (nSPS) is 16.3. The maximum atomic E-state index is 12.2. The summed E-state index contributed by atoms with van der Waals surface area (Å²) in [6.45, 7) is 5.73. The lowest BCUT2D eigenvalue weighted by atomic mass is 10.3. The summed E-state index contributed by atoms with van der Waals surface area (Å²) in [5.41, 5.74) is 0.752. The number of hydrogen-bond acceptors (Lipinski definition) is 4. The molecule has 1 aliphatic rings. The van der Waals surface area contributed by atoms with Crippen molar-refractivity contribution in [3.63, 3.8) is 0 Å². The lowest BCUT2D eigenvalue weighted by Crippen LogP contribution is -2.38. The van der Waals surface area contributed by atoms with Gasteiger partial charge in [0, 0.05) is 31.2 Å². The molecule has 0 unspecified atom stereocenters. The Balaban J connectivity index is 0.00000264. The summed E-state index contributed by atoms with van der Waals surface area (Å²) in [4.78, 5) is 13.6. The Labute approximate surface area is 144 Å². The summed E-state index contributed by atoms with van der Waals surface area (Å²) in [5, 5.41) is 3.15. The van der Waals surface area contributed by atoms with E-state index in [0.29, 0.717) is 19.5 Å². The Morgan fingerprint density at radius 2 is 1.91 bits per heavy atom. The predicted molar refractivity (Wildman–Crippen MR) is 93.6 cm³/mol. The number of carbonyl (C=O) groups excluding carboxylic acids is 1. The molecule has 1 saturated heterocycles. The molecule has 0 saturated carbocycles. The van der Waals surface area contributed by atoms with E-state index in [4.69, 9.17) is 0 Å². The van der Waals surface area contributed by atoms with Gasteiger partial charge in [-0.15, -0.1) is 12.4 Å². The molecular formula is C15H24ClN3O3S. The van der Waals surface area contributed by atoms with E-state index in [1.165, 1.54) is 0 Å². The molecule has 1 aliphatic heterocycles. The molecule has 1 heterocycles. The maximum Gasteiger partial charge on any atom is 0.240 e. The number of carbonyl (C=O) groups is 1. The van der Waals surface area contributed by atoms with Crippen LogP contribution in [0.1, 0.15) is 26.7 Å². The zero-order valence-corrected chi connectivity index (χ0v) is 15.0. The fourth-order valence-corrected chi connectivity index (χ4v) is 3.60. The van der Waals surface area contributed by atoms with Crippen LogP contribution in [0.25, 0.3) is 0 Å².